The first-order valence-electron chi connectivity index (χ1n) is 8.65. The molecular formula is C21H23NO2S. The molecule has 1 heterocycles. The molecular weight excluding hydrogens is 330 g/mol. The van der Waals surface area contributed by atoms with Crippen molar-refractivity contribution in [3.63, 3.8) is 0 Å². The van der Waals surface area contributed by atoms with Crippen LogP contribution < -0.4 is 0 Å². The number of hydrogen-bond donors (Lipinski definition) is 0. The van der Waals surface area contributed by atoms with Crippen LogP contribution in [0.25, 0.3) is 0 Å². The van der Waals surface area contributed by atoms with E-state index in [1.165, 1.54) is 5.56 Å². The van der Waals surface area contributed by atoms with Gasteiger partial charge in [0.05, 0.1) is 4.90 Å². The van der Waals surface area contributed by atoms with Crippen molar-refractivity contribution in [1.29, 1.82) is 0 Å². The fourth-order valence-corrected chi connectivity index (χ4v) is 4.46. The Morgan fingerprint density at radius 2 is 1.64 bits per heavy atom. The van der Waals surface area contributed by atoms with Gasteiger partial charge < -0.3 is 0 Å². The number of aryl methyl sites for hydroxylation is 1. The molecule has 0 saturated carbocycles. The molecule has 3 nitrogen and oxygen atoms in total. The first-order valence-corrected chi connectivity index (χ1v) is 10.1. The van der Waals surface area contributed by atoms with E-state index in [1.807, 2.05) is 37.3 Å². The molecule has 0 radical (unpaired) electrons. The Bertz CT molecular complexity index is 854. The van der Waals surface area contributed by atoms with Gasteiger partial charge in [-0.15, -0.1) is 0 Å². The molecule has 0 bridgehead atoms. The second kappa shape index (κ2) is 7.86. The summed E-state index contributed by atoms with van der Waals surface area (Å²) in [6.45, 7) is 3.04. The summed E-state index contributed by atoms with van der Waals surface area (Å²) in [6, 6.07) is 17.3. The minimum Gasteiger partial charge on any atom is -0.207 e. The van der Waals surface area contributed by atoms with Crippen LogP contribution in [0.4, 0.5) is 0 Å². The minimum absolute atomic E-state index is 0.285. The number of rotatable bonds is 3. The Morgan fingerprint density at radius 1 is 1.00 bits per heavy atom. The summed E-state index contributed by atoms with van der Waals surface area (Å²) < 4.78 is 27.0. The van der Waals surface area contributed by atoms with E-state index in [-0.39, 0.29) is 5.92 Å². The lowest BCUT2D eigenvalue weighted by molar-refractivity contribution is 0.311. The van der Waals surface area contributed by atoms with Gasteiger partial charge in [-0.3, -0.25) is 0 Å². The van der Waals surface area contributed by atoms with E-state index in [9.17, 15) is 8.42 Å². The third-order valence-corrected chi connectivity index (χ3v) is 6.47. The molecule has 3 rings (SSSR count). The normalized spacial score (nSPS) is 16.2. The van der Waals surface area contributed by atoms with Gasteiger partial charge in [0, 0.05) is 25.4 Å². The fourth-order valence-electron chi connectivity index (χ4n) is 2.99. The molecule has 0 atom stereocenters. The van der Waals surface area contributed by atoms with E-state index in [0.717, 1.165) is 24.8 Å². The molecule has 2 aromatic carbocycles. The Labute approximate surface area is 150 Å². The van der Waals surface area contributed by atoms with E-state index >= 15 is 0 Å². The van der Waals surface area contributed by atoms with Gasteiger partial charge in [-0.25, -0.2) is 8.42 Å². The summed E-state index contributed by atoms with van der Waals surface area (Å²) in [5, 5.41) is 0. The summed E-state index contributed by atoms with van der Waals surface area (Å²) in [4.78, 5) is 0.381. The minimum atomic E-state index is -3.38. The summed E-state index contributed by atoms with van der Waals surface area (Å²) in [5.41, 5.74) is 2.28. The van der Waals surface area contributed by atoms with Crippen molar-refractivity contribution in [2.24, 2.45) is 5.92 Å². The first kappa shape index (κ1) is 17.7. The van der Waals surface area contributed by atoms with Crippen LogP contribution in [0.3, 0.4) is 0 Å². The second-order valence-electron chi connectivity index (χ2n) is 6.47. The quantitative estimate of drug-likeness (QED) is 0.790. The molecule has 0 aliphatic carbocycles. The van der Waals surface area contributed by atoms with Gasteiger partial charge in [-0.2, -0.15) is 4.31 Å². The molecule has 2 aromatic rings. The third-order valence-electron chi connectivity index (χ3n) is 4.55. The SMILES string of the molecule is Cc1ccc(S(=O)(=O)N2CCC(C#CCc3ccccc3)CC2)cc1. The molecule has 4 heteroatoms. The van der Waals surface area contributed by atoms with Crippen LogP contribution in [-0.2, 0) is 16.4 Å². The Hall–Kier alpha value is -2.09. The van der Waals surface area contributed by atoms with Crippen LogP contribution in [0, 0.1) is 24.7 Å². The van der Waals surface area contributed by atoms with Crippen LogP contribution in [0.1, 0.15) is 24.0 Å². The predicted molar refractivity (Wildman–Crippen MR) is 101 cm³/mol. The lowest BCUT2D eigenvalue weighted by Gasteiger charge is -2.29. The molecule has 1 saturated heterocycles. The van der Waals surface area contributed by atoms with Gasteiger partial charge in [0.2, 0.25) is 10.0 Å². The highest BCUT2D eigenvalue weighted by molar-refractivity contribution is 7.89. The highest BCUT2D eigenvalue weighted by Crippen LogP contribution is 2.23. The molecule has 0 N–H and O–H groups in total. The molecule has 0 unspecified atom stereocenters. The molecule has 0 spiro atoms. The number of benzene rings is 2. The average molecular weight is 353 g/mol. The predicted octanol–water partition coefficient (Wildman–Crippen LogP) is 3.64. The molecule has 130 valence electrons. The van der Waals surface area contributed by atoms with Crippen molar-refractivity contribution in [2.75, 3.05) is 13.1 Å². The average Bonchev–Trinajstić information content (AvgIpc) is 2.63. The standard InChI is InChI=1S/C21H23NO2S/c1-18-10-12-21(13-11-18)25(23,24)22-16-14-20(15-17-22)9-5-8-19-6-3-2-4-7-19/h2-4,6-7,10-13,20H,8,14-17H2,1H3. The number of piperidine rings is 1. The molecule has 0 amide bonds. The monoisotopic (exact) mass is 353 g/mol. The molecule has 1 aliphatic heterocycles. The maximum atomic E-state index is 12.7. The topological polar surface area (TPSA) is 37.4 Å². The lowest BCUT2D eigenvalue weighted by Crippen LogP contribution is -2.38. The smallest absolute Gasteiger partial charge is 0.207 e. The van der Waals surface area contributed by atoms with Crippen LogP contribution in [0.2, 0.25) is 0 Å². The third kappa shape index (κ3) is 4.50. The number of hydrogen-bond acceptors (Lipinski definition) is 2. The molecule has 0 aromatic heterocycles. The van der Waals surface area contributed by atoms with Crippen LogP contribution in [0.5, 0.6) is 0 Å². The van der Waals surface area contributed by atoms with Crippen LogP contribution in [-0.4, -0.2) is 25.8 Å². The van der Waals surface area contributed by atoms with Crippen LogP contribution in [0.15, 0.2) is 59.5 Å². The lowest BCUT2D eigenvalue weighted by atomic mass is 9.98. The van der Waals surface area contributed by atoms with E-state index in [1.54, 1.807) is 16.4 Å². The van der Waals surface area contributed by atoms with Crippen molar-refractivity contribution in [2.45, 2.75) is 31.1 Å². The Balaban J connectivity index is 1.57. The number of nitrogens with zero attached hydrogens (tertiary/aromatic N) is 1. The molecule has 1 fully saturated rings. The van der Waals surface area contributed by atoms with Gasteiger partial charge in [0.1, 0.15) is 0 Å². The molecule has 1 aliphatic rings. The van der Waals surface area contributed by atoms with E-state index in [0.29, 0.717) is 18.0 Å². The highest BCUT2D eigenvalue weighted by Gasteiger charge is 2.28. The van der Waals surface area contributed by atoms with E-state index < -0.39 is 10.0 Å². The Kier molecular flexibility index (Phi) is 5.57. The largest absolute Gasteiger partial charge is 0.243 e. The van der Waals surface area contributed by atoms with Crippen molar-refractivity contribution in [3.8, 4) is 11.8 Å². The number of sulfonamides is 1. The maximum absolute atomic E-state index is 12.7. The zero-order valence-corrected chi connectivity index (χ0v) is 15.3. The highest BCUT2D eigenvalue weighted by atomic mass is 32.2. The van der Waals surface area contributed by atoms with Gasteiger partial charge in [-0.1, -0.05) is 59.9 Å². The summed E-state index contributed by atoms with van der Waals surface area (Å²) >= 11 is 0. The van der Waals surface area contributed by atoms with Crippen molar-refractivity contribution < 1.29 is 8.42 Å². The van der Waals surface area contributed by atoms with Crippen molar-refractivity contribution in [3.05, 3.63) is 65.7 Å². The summed E-state index contributed by atoms with van der Waals surface area (Å²) in [7, 11) is -3.38. The van der Waals surface area contributed by atoms with Gasteiger partial charge in [0.15, 0.2) is 0 Å². The van der Waals surface area contributed by atoms with E-state index in [4.69, 9.17) is 0 Å². The van der Waals surface area contributed by atoms with Gasteiger partial charge in [0.25, 0.3) is 0 Å². The van der Waals surface area contributed by atoms with Gasteiger partial charge in [-0.05, 0) is 37.5 Å². The van der Waals surface area contributed by atoms with Gasteiger partial charge >= 0.3 is 0 Å². The van der Waals surface area contributed by atoms with Crippen molar-refractivity contribution in [1.82, 2.24) is 4.31 Å². The summed E-state index contributed by atoms with van der Waals surface area (Å²) in [6.07, 6.45) is 2.35. The zero-order chi connectivity index (χ0) is 17.7. The van der Waals surface area contributed by atoms with Crippen molar-refractivity contribution >= 4 is 10.0 Å². The van der Waals surface area contributed by atoms with Crippen LogP contribution >= 0.6 is 0 Å². The maximum Gasteiger partial charge on any atom is 0.243 e. The second-order valence-corrected chi connectivity index (χ2v) is 8.41. The summed E-state index contributed by atoms with van der Waals surface area (Å²) in [5.74, 6) is 6.85. The fraction of sp³-hybridized carbons (Fsp3) is 0.333. The zero-order valence-electron chi connectivity index (χ0n) is 14.5. The Morgan fingerprint density at radius 3 is 2.28 bits per heavy atom. The van der Waals surface area contributed by atoms with E-state index in [2.05, 4.69) is 24.0 Å². The molecule has 25 heavy (non-hydrogen) atoms. The first-order chi connectivity index (χ1) is 12.1.